The van der Waals surface area contributed by atoms with Crippen molar-refractivity contribution in [3.63, 3.8) is 0 Å². The van der Waals surface area contributed by atoms with Gasteiger partial charge in [0.2, 0.25) is 0 Å². The number of rotatable bonds is 4. The molecule has 0 aliphatic carbocycles. The SMILES string of the molecule is CC[C@H](N[C@H]1C[C@@H](C)OC1=O)c1ccc(Br)cc1. The average Bonchev–Trinajstić information content (AvgIpc) is 2.66. The Balaban J connectivity index is 2.05. The summed E-state index contributed by atoms with van der Waals surface area (Å²) in [5.41, 5.74) is 1.20. The zero-order valence-electron chi connectivity index (χ0n) is 10.7. The van der Waals surface area contributed by atoms with Crippen molar-refractivity contribution in [2.75, 3.05) is 0 Å². The van der Waals surface area contributed by atoms with Crippen LogP contribution in [0.2, 0.25) is 0 Å². The molecule has 1 aromatic carbocycles. The van der Waals surface area contributed by atoms with Gasteiger partial charge in [0.1, 0.15) is 12.1 Å². The molecule has 0 saturated carbocycles. The maximum atomic E-state index is 11.6. The van der Waals surface area contributed by atoms with Crippen molar-refractivity contribution >= 4 is 21.9 Å². The minimum absolute atomic E-state index is 0.0254. The highest BCUT2D eigenvalue weighted by Crippen LogP contribution is 2.23. The highest BCUT2D eigenvalue weighted by atomic mass is 79.9. The van der Waals surface area contributed by atoms with Crippen molar-refractivity contribution in [2.24, 2.45) is 0 Å². The van der Waals surface area contributed by atoms with Crippen molar-refractivity contribution < 1.29 is 9.53 Å². The molecule has 4 heteroatoms. The molecule has 1 N–H and O–H groups in total. The second-order valence-electron chi connectivity index (χ2n) is 4.71. The van der Waals surface area contributed by atoms with E-state index in [1.54, 1.807) is 0 Å². The number of ether oxygens (including phenoxy) is 1. The lowest BCUT2D eigenvalue weighted by atomic mass is 10.0. The largest absolute Gasteiger partial charge is 0.461 e. The van der Waals surface area contributed by atoms with E-state index in [-0.39, 0.29) is 24.2 Å². The van der Waals surface area contributed by atoms with Crippen LogP contribution in [-0.2, 0) is 9.53 Å². The summed E-state index contributed by atoms with van der Waals surface area (Å²) in [6, 6.07) is 8.23. The smallest absolute Gasteiger partial charge is 0.323 e. The quantitative estimate of drug-likeness (QED) is 0.868. The van der Waals surface area contributed by atoms with Gasteiger partial charge in [0.15, 0.2) is 0 Å². The Morgan fingerprint density at radius 3 is 2.61 bits per heavy atom. The third-order valence-electron chi connectivity index (χ3n) is 3.25. The second-order valence-corrected chi connectivity index (χ2v) is 5.63. The molecule has 0 bridgehead atoms. The Labute approximate surface area is 116 Å². The molecule has 98 valence electrons. The molecule has 0 unspecified atom stereocenters. The number of nitrogens with one attached hydrogen (secondary N) is 1. The van der Waals surface area contributed by atoms with E-state index in [1.165, 1.54) is 5.56 Å². The van der Waals surface area contributed by atoms with E-state index in [9.17, 15) is 4.79 Å². The molecule has 3 atom stereocenters. The van der Waals surface area contributed by atoms with Crippen molar-refractivity contribution in [3.8, 4) is 0 Å². The lowest BCUT2D eigenvalue weighted by Gasteiger charge is -2.20. The zero-order valence-corrected chi connectivity index (χ0v) is 12.2. The Hall–Kier alpha value is -0.870. The van der Waals surface area contributed by atoms with Crippen LogP contribution in [0.3, 0.4) is 0 Å². The van der Waals surface area contributed by atoms with E-state index in [0.29, 0.717) is 0 Å². The fraction of sp³-hybridized carbons (Fsp3) is 0.500. The van der Waals surface area contributed by atoms with E-state index in [0.717, 1.165) is 17.3 Å². The normalized spacial score (nSPS) is 24.9. The first-order valence-electron chi connectivity index (χ1n) is 6.32. The molecule has 0 radical (unpaired) electrons. The van der Waals surface area contributed by atoms with Gasteiger partial charge in [-0.1, -0.05) is 35.0 Å². The van der Waals surface area contributed by atoms with E-state index < -0.39 is 0 Å². The number of halogens is 1. The Bertz CT molecular complexity index is 418. The molecule has 1 aliphatic heterocycles. The van der Waals surface area contributed by atoms with Crippen molar-refractivity contribution in [3.05, 3.63) is 34.3 Å². The van der Waals surface area contributed by atoms with Crippen LogP contribution in [0, 0.1) is 0 Å². The molecular formula is C14H18BrNO2. The summed E-state index contributed by atoms with van der Waals surface area (Å²) in [6.45, 7) is 4.05. The predicted molar refractivity (Wildman–Crippen MR) is 74.3 cm³/mol. The van der Waals surface area contributed by atoms with Gasteiger partial charge in [0, 0.05) is 16.9 Å². The summed E-state index contributed by atoms with van der Waals surface area (Å²) >= 11 is 3.43. The third-order valence-corrected chi connectivity index (χ3v) is 3.78. The molecule has 0 aromatic heterocycles. The van der Waals surface area contributed by atoms with Crippen LogP contribution in [-0.4, -0.2) is 18.1 Å². The van der Waals surface area contributed by atoms with Crippen molar-refractivity contribution in [1.29, 1.82) is 0 Å². The molecule has 1 heterocycles. The fourth-order valence-electron chi connectivity index (χ4n) is 2.28. The van der Waals surface area contributed by atoms with E-state index in [1.807, 2.05) is 19.1 Å². The summed E-state index contributed by atoms with van der Waals surface area (Å²) in [5.74, 6) is -0.127. The van der Waals surface area contributed by atoms with Gasteiger partial charge in [-0.05, 0) is 31.0 Å². The van der Waals surface area contributed by atoms with Gasteiger partial charge in [0.25, 0.3) is 0 Å². The number of carbonyl (C=O) groups excluding carboxylic acids is 1. The first kappa shape index (κ1) is 13.6. The standard InChI is InChI=1S/C14H18BrNO2/c1-3-12(10-4-6-11(15)7-5-10)16-13-8-9(2)18-14(13)17/h4-7,9,12-13,16H,3,8H2,1-2H3/t9-,12+,13+/m1/s1. The zero-order chi connectivity index (χ0) is 13.1. The van der Waals surface area contributed by atoms with E-state index >= 15 is 0 Å². The Morgan fingerprint density at radius 1 is 1.44 bits per heavy atom. The van der Waals surface area contributed by atoms with Gasteiger partial charge in [-0.2, -0.15) is 0 Å². The number of benzene rings is 1. The predicted octanol–water partition coefficient (Wildman–Crippen LogP) is 3.19. The lowest BCUT2D eigenvalue weighted by Crippen LogP contribution is -2.36. The lowest BCUT2D eigenvalue weighted by molar-refractivity contribution is -0.142. The molecule has 1 aliphatic rings. The maximum absolute atomic E-state index is 11.6. The number of hydrogen-bond acceptors (Lipinski definition) is 3. The minimum Gasteiger partial charge on any atom is -0.461 e. The summed E-state index contributed by atoms with van der Waals surface area (Å²) in [7, 11) is 0. The molecule has 1 aromatic rings. The highest BCUT2D eigenvalue weighted by Gasteiger charge is 2.33. The van der Waals surface area contributed by atoms with Crippen LogP contribution in [0.5, 0.6) is 0 Å². The molecule has 2 rings (SSSR count). The Kier molecular flexibility index (Phi) is 4.40. The highest BCUT2D eigenvalue weighted by molar-refractivity contribution is 9.10. The van der Waals surface area contributed by atoms with Crippen LogP contribution < -0.4 is 5.32 Å². The monoisotopic (exact) mass is 311 g/mol. The van der Waals surface area contributed by atoms with Crippen molar-refractivity contribution in [1.82, 2.24) is 5.32 Å². The van der Waals surface area contributed by atoms with E-state index in [4.69, 9.17) is 4.74 Å². The minimum atomic E-state index is -0.173. The molecule has 1 saturated heterocycles. The molecule has 1 fully saturated rings. The second kappa shape index (κ2) is 5.85. The number of cyclic esters (lactones) is 1. The topological polar surface area (TPSA) is 38.3 Å². The fourth-order valence-corrected chi connectivity index (χ4v) is 2.54. The van der Waals surface area contributed by atoms with Gasteiger partial charge in [-0.25, -0.2) is 0 Å². The van der Waals surface area contributed by atoms with Crippen molar-refractivity contribution in [2.45, 2.75) is 44.9 Å². The summed E-state index contributed by atoms with van der Waals surface area (Å²) < 4.78 is 6.23. The first-order chi connectivity index (χ1) is 8.60. The average molecular weight is 312 g/mol. The Morgan fingerprint density at radius 2 is 2.11 bits per heavy atom. The maximum Gasteiger partial charge on any atom is 0.323 e. The van der Waals surface area contributed by atoms with Gasteiger partial charge in [-0.15, -0.1) is 0 Å². The van der Waals surface area contributed by atoms with Gasteiger partial charge in [-0.3, -0.25) is 10.1 Å². The van der Waals surface area contributed by atoms with E-state index in [2.05, 4.69) is 40.3 Å². The summed E-state index contributed by atoms with van der Waals surface area (Å²) in [6.07, 6.45) is 1.73. The van der Waals surface area contributed by atoms with Crippen LogP contribution in [0.1, 0.15) is 38.3 Å². The van der Waals surface area contributed by atoms with Gasteiger partial charge < -0.3 is 4.74 Å². The number of esters is 1. The summed E-state index contributed by atoms with van der Waals surface area (Å²) in [4.78, 5) is 11.6. The summed E-state index contributed by atoms with van der Waals surface area (Å²) in [5, 5.41) is 3.39. The van der Waals surface area contributed by atoms with Gasteiger partial charge in [0.05, 0.1) is 0 Å². The molecule has 0 spiro atoms. The number of carbonyl (C=O) groups is 1. The molecule has 18 heavy (non-hydrogen) atoms. The van der Waals surface area contributed by atoms with Crippen LogP contribution in [0.15, 0.2) is 28.7 Å². The first-order valence-corrected chi connectivity index (χ1v) is 7.11. The molecule has 0 amide bonds. The van der Waals surface area contributed by atoms with Gasteiger partial charge >= 0.3 is 5.97 Å². The van der Waals surface area contributed by atoms with Crippen LogP contribution >= 0.6 is 15.9 Å². The molecule has 3 nitrogen and oxygen atoms in total. The van der Waals surface area contributed by atoms with Crippen LogP contribution in [0.4, 0.5) is 0 Å². The number of hydrogen-bond donors (Lipinski definition) is 1. The van der Waals surface area contributed by atoms with Crippen LogP contribution in [0.25, 0.3) is 0 Å². The third kappa shape index (κ3) is 3.12. The molecular weight excluding hydrogens is 294 g/mol.